The monoisotopic (exact) mass is 341 g/mol. The Labute approximate surface area is 128 Å². The molecule has 0 aliphatic carbocycles. The molecule has 0 unspecified atom stereocenters. The van der Waals surface area contributed by atoms with Gasteiger partial charge < -0.3 is 10.6 Å². The number of hydrogen-bond acceptors (Lipinski definition) is 3. The fourth-order valence-electron chi connectivity index (χ4n) is 2.01. The number of benzene rings is 1. The summed E-state index contributed by atoms with van der Waals surface area (Å²) in [6, 6.07) is 5.28. The van der Waals surface area contributed by atoms with E-state index >= 15 is 0 Å². The second-order valence-electron chi connectivity index (χ2n) is 5.66. The van der Waals surface area contributed by atoms with E-state index in [1.165, 1.54) is 0 Å². The largest absolute Gasteiger partial charge is 0.369 e. The van der Waals surface area contributed by atoms with Crippen LogP contribution in [-0.2, 0) is 0 Å². The van der Waals surface area contributed by atoms with Gasteiger partial charge in [0, 0.05) is 13.1 Å². The molecule has 1 aromatic rings. The molecule has 20 heavy (non-hydrogen) atoms. The van der Waals surface area contributed by atoms with Crippen molar-refractivity contribution in [3.05, 3.63) is 28.0 Å². The number of halogens is 2. The zero-order valence-electron chi connectivity index (χ0n) is 12.2. The molecule has 0 radical (unpaired) electrons. The lowest BCUT2D eigenvalue weighted by Gasteiger charge is -2.33. The van der Waals surface area contributed by atoms with E-state index in [-0.39, 0.29) is 15.7 Å². The fourth-order valence-corrected chi connectivity index (χ4v) is 2.43. The van der Waals surface area contributed by atoms with Gasteiger partial charge in [0.2, 0.25) is 0 Å². The van der Waals surface area contributed by atoms with Gasteiger partial charge in [-0.25, -0.2) is 4.39 Å². The average Bonchev–Trinajstić information content (AvgIpc) is 2.41. The summed E-state index contributed by atoms with van der Waals surface area (Å²) < 4.78 is 14.7. The van der Waals surface area contributed by atoms with Crippen molar-refractivity contribution < 1.29 is 4.39 Å². The first kappa shape index (κ1) is 16.9. The van der Waals surface area contributed by atoms with Crippen LogP contribution in [0.4, 0.5) is 10.1 Å². The molecule has 0 aliphatic heterocycles. The predicted molar refractivity (Wildman–Crippen MR) is 84.2 cm³/mol. The first-order chi connectivity index (χ1) is 9.36. The number of nitriles is 1. The predicted octanol–water partition coefficient (Wildman–Crippen LogP) is 3.66. The van der Waals surface area contributed by atoms with Gasteiger partial charge in [-0.05, 0) is 46.4 Å². The highest BCUT2D eigenvalue weighted by Crippen LogP contribution is 2.31. The number of nitrogens with two attached hydrogens (primary N) is 1. The van der Waals surface area contributed by atoms with Crippen LogP contribution in [-0.4, -0.2) is 19.6 Å². The van der Waals surface area contributed by atoms with Gasteiger partial charge in [0.15, 0.2) is 5.82 Å². The van der Waals surface area contributed by atoms with Gasteiger partial charge in [-0.1, -0.05) is 20.8 Å². The van der Waals surface area contributed by atoms with Gasteiger partial charge in [-0.3, -0.25) is 0 Å². The summed E-state index contributed by atoms with van der Waals surface area (Å²) in [5.41, 5.74) is 6.49. The molecule has 110 valence electrons. The van der Waals surface area contributed by atoms with Crippen LogP contribution in [0, 0.1) is 22.6 Å². The van der Waals surface area contributed by atoms with Gasteiger partial charge in [-0.2, -0.15) is 5.26 Å². The molecule has 1 rings (SSSR count). The van der Waals surface area contributed by atoms with Crippen molar-refractivity contribution in [2.75, 3.05) is 24.5 Å². The van der Waals surface area contributed by atoms with Crippen molar-refractivity contribution in [2.24, 2.45) is 11.1 Å². The van der Waals surface area contributed by atoms with E-state index in [1.54, 1.807) is 12.1 Å². The van der Waals surface area contributed by atoms with Crippen molar-refractivity contribution in [3.63, 3.8) is 0 Å². The minimum absolute atomic E-state index is 0.0953. The second-order valence-corrected chi connectivity index (χ2v) is 6.45. The Bertz CT molecular complexity index is 509. The van der Waals surface area contributed by atoms with Crippen LogP contribution >= 0.6 is 15.9 Å². The van der Waals surface area contributed by atoms with Crippen LogP contribution in [0.2, 0.25) is 0 Å². The molecule has 0 amide bonds. The molecule has 0 bridgehead atoms. The van der Waals surface area contributed by atoms with E-state index in [0.717, 1.165) is 13.0 Å². The van der Waals surface area contributed by atoms with Crippen molar-refractivity contribution >= 4 is 21.6 Å². The molecule has 0 heterocycles. The normalized spacial score (nSPS) is 11.2. The first-order valence-corrected chi connectivity index (χ1v) is 7.48. The molecular formula is C15H21BrFN3. The maximum absolute atomic E-state index is 14.4. The third-order valence-electron chi connectivity index (χ3n) is 3.19. The number of rotatable bonds is 6. The summed E-state index contributed by atoms with van der Waals surface area (Å²) in [6.45, 7) is 8.13. The van der Waals surface area contributed by atoms with Gasteiger partial charge in [-0.15, -0.1) is 0 Å². The van der Waals surface area contributed by atoms with E-state index in [9.17, 15) is 4.39 Å². The molecule has 0 saturated carbocycles. The molecule has 0 aliphatic rings. The Hall–Kier alpha value is -1.12. The zero-order valence-corrected chi connectivity index (χ0v) is 13.8. The Morgan fingerprint density at radius 2 is 2.10 bits per heavy atom. The molecule has 0 spiro atoms. The van der Waals surface area contributed by atoms with Crippen LogP contribution in [0.15, 0.2) is 16.6 Å². The highest BCUT2D eigenvalue weighted by atomic mass is 79.9. The lowest BCUT2D eigenvalue weighted by Crippen LogP contribution is -2.39. The third kappa shape index (κ3) is 3.94. The second kappa shape index (κ2) is 7.05. The van der Waals surface area contributed by atoms with Crippen LogP contribution < -0.4 is 10.6 Å². The minimum atomic E-state index is -0.384. The van der Waals surface area contributed by atoms with Gasteiger partial charge in [0.1, 0.15) is 6.07 Å². The topological polar surface area (TPSA) is 53.0 Å². The summed E-state index contributed by atoms with van der Waals surface area (Å²) in [5, 5.41) is 8.92. The highest BCUT2D eigenvalue weighted by Gasteiger charge is 2.23. The molecular weight excluding hydrogens is 321 g/mol. The average molecular weight is 342 g/mol. The van der Waals surface area contributed by atoms with E-state index in [1.807, 2.05) is 11.0 Å². The van der Waals surface area contributed by atoms with Crippen molar-refractivity contribution in [1.82, 2.24) is 0 Å². The van der Waals surface area contributed by atoms with Crippen molar-refractivity contribution in [1.29, 1.82) is 5.26 Å². The number of hydrogen-bond donors (Lipinski definition) is 1. The minimum Gasteiger partial charge on any atom is -0.369 e. The fraction of sp³-hybridized carbons (Fsp3) is 0.533. The van der Waals surface area contributed by atoms with Crippen molar-refractivity contribution in [3.8, 4) is 6.07 Å². The van der Waals surface area contributed by atoms with Crippen LogP contribution in [0.5, 0.6) is 0 Å². The lowest BCUT2D eigenvalue weighted by atomic mass is 9.92. The molecule has 3 nitrogen and oxygen atoms in total. The summed E-state index contributed by atoms with van der Waals surface area (Å²) >= 11 is 3.16. The van der Waals surface area contributed by atoms with Crippen LogP contribution in [0.3, 0.4) is 0 Å². The first-order valence-electron chi connectivity index (χ1n) is 6.69. The standard InChI is InChI=1S/C15H21BrFN3/c1-4-7-20(10-15(2,3)9-19)12-6-5-11(8-18)13(16)14(12)17/h5-6H,4,7,9-10,19H2,1-3H3. The summed E-state index contributed by atoms with van der Waals surface area (Å²) in [4.78, 5) is 1.99. The number of nitrogens with zero attached hydrogens (tertiary/aromatic N) is 2. The summed E-state index contributed by atoms with van der Waals surface area (Å²) in [5.74, 6) is -0.384. The Kier molecular flexibility index (Phi) is 5.97. The molecule has 0 saturated heterocycles. The number of anilines is 1. The van der Waals surface area contributed by atoms with E-state index in [4.69, 9.17) is 11.0 Å². The van der Waals surface area contributed by atoms with E-state index in [0.29, 0.717) is 24.3 Å². The molecule has 1 aromatic carbocycles. The molecule has 5 heteroatoms. The van der Waals surface area contributed by atoms with Crippen LogP contribution in [0.1, 0.15) is 32.8 Å². The smallest absolute Gasteiger partial charge is 0.161 e. The van der Waals surface area contributed by atoms with E-state index < -0.39 is 0 Å². The summed E-state index contributed by atoms with van der Waals surface area (Å²) in [7, 11) is 0. The Morgan fingerprint density at radius 3 is 2.60 bits per heavy atom. The summed E-state index contributed by atoms with van der Waals surface area (Å²) in [6.07, 6.45) is 0.914. The van der Waals surface area contributed by atoms with Crippen molar-refractivity contribution in [2.45, 2.75) is 27.2 Å². The lowest BCUT2D eigenvalue weighted by molar-refractivity contribution is 0.376. The molecule has 2 N–H and O–H groups in total. The van der Waals surface area contributed by atoms with E-state index in [2.05, 4.69) is 36.7 Å². The Morgan fingerprint density at radius 1 is 1.45 bits per heavy atom. The quantitative estimate of drug-likeness (QED) is 0.858. The highest BCUT2D eigenvalue weighted by molar-refractivity contribution is 9.10. The maximum atomic E-state index is 14.4. The van der Waals surface area contributed by atoms with Gasteiger partial charge in [0.05, 0.1) is 15.7 Å². The van der Waals surface area contributed by atoms with Gasteiger partial charge >= 0.3 is 0 Å². The molecule has 0 fully saturated rings. The SMILES string of the molecule is CCCN(CC(C)(C)CN)c1ccc(C#N)c(Br)c1F. The Balaban J connectivity index is 3.16. The zero-order chi connectivity index (χ0) is 15.3. The van der Waals surface area contributed by atoms with Crippen LogP contribution in [0.25, 0.3) is 0 Å². The molecule has 0 atom stereocenters. The maximum Gasteiger partial charge on any atom is 0.161 e. The third-order valence-corrected chi connectivity index (χ3v) is 3.96. The van der Waals surface area contributed by atoms with Gasteiger partial charge in [0.25, 0.3) is 0 Å². The molecule has 0 aromatic heterocycles.